The molecule has 1 N–H and O–H groups in total. The standard InChI is InChI=1S/C10H16N2O3S/c1-11-6-9-7-12-10(15-9)8-2-4-16(13,14)5-3-8/h7-8,11H,2-6H2,1H3. The van der Waals surface area contributed by atoms with Crippen LogP contribution in [0.3, 0.4) is 0 Å². The van der Waals surface area contributed by atoms with Gasteiger partial charge in [0.25, 0.3) is 0 Å². The van der Waals surface area contributed by atoms with Crippen molar-refractivity contribution in [1.82, 2.24) is 10.3 Å². The highest BCUT2D eigenvalue weighted by Crippen LogP contribution is 2.28. The molecule has 0 unspecified atom stereocenters. The van der Waals surface area contributed by atoms with E-state index in [0.29, 0.717) is 25.3 Å². The van der Waals surface area contributed by atoms with E-state index in [2.05, 4.69) is 10.3 Å². The third kappa shape index (κ3) is 2.62. The van der Waals surface area contributed by atoms with Crippen LogP contribution < -0.4 is 5.32 Å². The molecule has 16 heavy (non-hydrogen) atoms. The molecule has 0 radical (unpaired) electrons. The third-order valence-electron chi connectivity index (χ3n) is 2.83. The fourth-order valence-corrected chi connectivity index (χ4v) is 3.40. The quantitative estimate of drug-likeness (QED) is 0.846. The van der Waals surface area contributed by atoms with Gasteiger partial charge in [0.05, 0.1) is 24.2 Å². The monoisotopic (exact) mass is 244 g/mol. The largest absolute Gasteiger partial charge is 0.444 e. The number of aromatic nitrogens is 1. The third-order valence-corrected chi connectivity index (χ3v) is 4.54. The van der Waals surface area contributed by atoms with E-state index in [1.165, 1.54) is 0 Å². The number of oxazole rings is 1. The minimum atomic E-state index is -2.81. The Bertz CT molecular complexity index is 438. The first-order valence-corrected chi connectivity index (χ1v) is 7.22. The van der Waals surface area contributed by atoms with Crippen molar-refractivity contribution in [3.05, 3.63) is 17.8 Å². The number of rotatable bonds is 3. The molecule has 0 spiro atoms. The molecule has 90 valence electrons. The molecule has 1 aromatic heterocycles. The molecule has 0 aliphatic carbocycles. The van der Waals surface area contributed by atoms with Crippen LogP contribution in [0.15, 0.2) is 10.6 Å². The predicted molar refractivity (Wildman–Crippen MR) is 59.9 cm³/mol. The minimum Gasteiger partial charge on any atom is -0.444 e. The number of hydrogen-bond donors (Lipinski definition) is 1. The van der Waals surface area contributed by atoms with E-state index in [1.54, 1.807) is 6.20 Å². The second-order valence-electron chi connectivity index (χ2n) is 4.12. The Labute approximate surface area is 95.2 Å². The van der Waals surface area contributed by atoms with Crippen LogP contribution in [0.4, 0.5) is 0 Å². The van der Waals surface area contributed by atoms with E-state index < -0.39 is 9.84 Å². The van der Waals surface area contributed by atoms with Crippen LogP contribution in [0.2, 0.25) is 0 Å². The maximum atomic E-state index is 11.3. The Morgan fingerprint density at radius 1 is 1.50 bits per heavy atom. The summed E-state index contributed by atoms with van der Waals surface area (Å²) in [5, 5.41) is 2.98. The summed E-state index contributed by atoms with van der Waals surface area (Å²) in [6, 6.07) is 0. The summed E-state index contributed by atoms with van der Waals surface area (Å²) in [5.41, 5.74) is 0. The van der Waals surface area contributed by atoms with E-state index in [9.17, 15) is 8.42 Å². The van der Waals surface area contributed by atoms with Crippen molar-refractivity contribution in [3.8, 4) is 0 Å². The summed E-state index contributed by atoms with van der Waals surface area (Å²) in [6.07, 6.45) is 2.96. The summed E-state index contributed by atoms with van der Waals surface area (Å²) in [5.74, 6) is 2.14. The number of nitrogens with zero attached hydrogens (tertiary/aromatic N) is 1. The van der Waals surface area contributed by atoms with Gasteiger partial charge in [0, 0.05) is 5.92 Å². The van der Waals surface area contributed by atoms with Crippen molar-refractivity contribution in [2.45, 2.75) is 25.3 Å². The molecular formula is C10H16N2O3S. The molecule has 6 heteroatoms. The zero-order valence-corrected chi connectivity index (χ0v) is 10.1. The lowest BCUT2D eigenvalue weighted by atomic mass is 10.0. The van der Waals surface area contributed by atoms with Crippen molar-refractivity contribution >= 4 is 9.84 Å². The van der Waals surface area contributed by atoms with Crippen LogP contribution >= 0.6 is 0 Å². The van der Waals surface area contributed by atoms with Gasteiger partial charge >= 0.3 is 0 Å². The fourth-order valence-electron chi connectivity index (χ4n) is 1.90. The second-order valence-corrected chi connectivity index (χ2v) is 6.42. The second kappa shape index (κ2) is 4.55. The Hall–Kier alpha value is -0.880. The molecule has 0 amide bonds. The van der Waals surface area contributed by atoms with Crippen molar-refractivity contribution in [2.24, 2.45) is 0 Å². The smallest absolute Gasteiger partial charge is 0.197 e. The Morgan fingerprint density at radius 2 is 2.19 bits per heavy atom. The highest BCUT2D eigenvalue weighted by molar-refractivity contribution is 7.91. The lowest BCUT2D eigenvalue weighted by Crippen LogP contribution is -2.22. The van der Waals surface area contributed by atoms with Gasteiger partial charge in [-0.05, 0) is 19.9 Å². The SMILES string of the molecule is CNCc1cnc(C2CCS(=O)(=O)CC2)o1. The van der Waals surface area contributed by atoms with Crippen LogP contribution in [0.25, 0.3) is 0 Å². The molecule has 0 saturated carbocycles. The molecule has 1 fully saturated rings. The van der Waals surface area contributed by atoms with Gasteiger partial charge in [0.2, 0.25) is 0 Å². The minimum absolute atomic E-state index is 0.161. The normalized spacial score (nSPS) is 21.1. The Kier molecular flexibility index (Phi) is 3.30. The van der Waals surface area contributed by atoms with Gasteiger partial charge in [-0.3, -0.25) is 0 Å². The lowest BCUT2D eigenvalue weighted by Gasteiger charge is -2.18. The van der Waals surface area contributed by atoms with Crippen LogP contribution in [0.5, 0.6) is 0 Å². The van der Waals surface area contributed by atoms with E-state index in [-0.39, 0.29) is 17.4 Å². The molecule has 0 aromatic carbocycles. The Balaban J connectivity index is 2.02. The van der Waals surface area contributed by atoms with Crippen molar-refractivity contribution in [3.63, 3.8) is 0 Å². The molecular weight excluding hydrogens is 228 g/mol. The average molecular weight is 244 g/mol. The van der Waals surface area contributed by atoms with Crippen LogP contribution in [-0.4, -0.2) is 32.0 Å². The van der Waals surface area contributed by atoms with Gasteiger partial charge in [0.15, 0.2) is 5.89 Å². The first-order valence-electron chi connectivity index (χ1n) is 5.40. The van der Waals surface area contributed by atoms with E-state index in [1.807, 2.05) is 7.05 Å². The lowest BCUT2D eigenvalue weighted by molar-refractivity contribution is 0.396. The average Bonchev–Trinajstić information content (AvgIpc) is 2.67. The van der Waals surface area contributed by atoms with E-state index in [0.717, 1.165) is 5.76 Å². The predicted octanol–water partition coefficient (Wildman–Crippen LogP) is 0.686. The van der Waals surface area contributed by atoms with Crippen molar-refractivity contribution in [1.29, 1.82) is 0 Å². The van der Waals surface area contributed by atoms with E-state index in [4.69, 9.17) is 4.42 Å². The number of nitrogens with one attached hydrogen (secondary N) is 1. The molecule has 1 saturated heterocycles. The fraction of sp³-hybridized carbons (Fsp3) is 0.700. The van der Waals surface area contributed by atoms with Gasteiger partial charge in [-0.15, -0.1) is 0 Å². The van der Waals surface area contributed by atoms with Crippen molar-refractivity contribution in [2.75, 3.05) is 18.6 Å². The van der Waals surface area contributed by atoms with Crippen LogP contribution in [0, 0.1) is 0 Å². The summed E-state index contributed by atoms with van der Waals surface area (Å²) < 4.78 is 28.1. The van der Waals surface area contributed by atoms with Crippen molar-refractivity contribution < 1.29 is 12.8 Å². The van der Waals surface area contributed by atoms with Gasteiger partial charge in [0.1, 0.15) is 15.6 Å². The van der Waals surface area contributed by atoms with Crippen LogP contribution in [0.1, 0.15) is 30.4 Å². The van der Waals surface area contributed by atoms with Crippen LogP contribution in [-0.2, 0) is 16.4 Å². The maximum Gasteiger partial charge on any atom is 0.197 e. The highest BCUT2D eigenvalue weighted by atomic mass is 32.2. The molecule has 2 heterocycles. The number of hydrogen-bond acceptors (Lipinski definition) is 5. The zero-order valence-electron chi connectivity index (χ0n) is 9.27. The molecule has 0 bridgehead atoms. The molecule has 1 aromatic rings. The summed E-state index contributed by atoms with van der Waals surface area (Å²) in [6.45, 7) is 0.651. The molecule has 1 aliphatic rings. The first kappa shape index (κ1) is 11.6. The van der Waals surface area contributed by atoms with Gasteiger partial charge in [-0.2, -0.15) is 0 Å². The van der Waals surface area contributed by atoms with E-state index >= 15 is 0 Å². The van der Waals surface area contributed by atoms with Gasteiger partial charge < -0.3 is 9.73 Å². The highest BCUT2D eigenvalue weighted by Gasteiger charge is 2.27. The topological polar surface area (TPSA) is 72.2 Å². The summed E-state index contributed by atoms with van der Waals surface area (Å²) in [4.78, 5) is 4.20. The first-order chi connectivity index (χ1) is 7.61. The number of sulfone groups is 1. The summed E-state index contributed by atoms with van der Waals surface area (Å²) >= 11 is 0. The maximum absolute atomic E-state index is 11.3. The summed E-state index contributed by atoms with van der Waals surface area (Å²) in [7, 11) is -0.966. The molecule has 5 nitrogen and oxygen atoms in total. The molecule has 2 rings (SSSR count). The molecule has 1 aliphatic heterocycles. The Morgan fingerprint density at radius 3 is 2.81 bits per heavy atom. The van der Waals surface area contributed by atoms with Gasteiger partial charge in [-0.25, -0.2) is 13.4 Å². The van der Waals surface area contributed by atoms with Gasteiger partial charge in [-0.1, -0.05) is 0 Å². The molecule has 0 atom stereocenters. The zero-order chi connectivity index (χ0) is 11.6.